The van der Waals surface area contributed by atoms with Gasteiger partial charge in [-0.25, -0.2) is 9.18 Å². The van der Waals surface area contributed by atoms with Gasteiger partial charge in [0.25, 0.3) is 0 Å². The molecule has 0 heterocycles. The van der Waals surface area contributed by atoms with E-state index in [0.29, 0.717) is 27.5 Å². The number of hydrogen-bond acceptors (Lipinski definition) is 4. The smallest absolute Gasteiger partial charge is 0.417 e. The van der Waals surface area contributed by atoms with Crippen LogP contribution in [0.25, 0.3) is 21.9 Å². The van der Waals surface area contributed by atoms with Crippen molar-refractivity contribution < 1.29 is 36.9 Å². The molecule has 1 N–H and O–H groups in total. The van der Waals surface area contributed by atoms with Crippen molar-refractivity contribution in [1.29, 1.82) is 0 Å². The van der Waals surface area contributed by atoms with E-state index in [1.54, 1.807) is 25.1 Å². The highest BCUT2D eigenvalue weighted by molar-refractivity contribution is 5.98. The van der Waals surface area contributed by atoms with Crippen molar-refractivity contribution >= 4 is 16.7 Å². The number of methoxy groups -OCH3 is 1. The van der Waals surface area contributed by atoms with E-state index < -0.39 is 29.1 Å². The van der Waals surface area contributed by atoms with Gasteiger partial charge in [0.1, 0.15) is 23.1 Å². The zero-order chi connectivity index (χ0) is 24.6. The number of carbonyl (C=O) groups is 1. The lowest BCUT2D eigenvalue weighted by molar-refractivity contribution is -0.138. The molecule has 0 atom stereocenters. The van der Waals surface area contributed by atoms with Crippen molar-refractivity contribution in [3.63, 3.8) is 0 Å². The monoisotopic (exact) mass is 470 g/mol. The summed E-state index contributed by atoms with van der Waals surface area (Å²) < 4.78 is 65.5. The van der Waals surface area contributed by atoms with Crippen molar-refractivity contribution in [2.24, 2.45) is 0 Å². The van der Waals surface area contributed by atoms with Gasteiger partial charge in [0.2, 0.25) is 0 Å². The second-order valence-corrected chi connectivity index (χ2v) is 7.61. The highest BCUT2D eigenvalue weighted by Gasteiger charge is 2.36. The molecular formula is C26H18F4O4. The zero-order valence-electron chi connectivity index (χ0n) is 18.0. The Labute approximate surface area is 192 Å². The molecule has 34 heavy (non-hydrogen) atoms. The summed E-state index contributed by atoms with van der Waals surface area (Å²) in [4.78, 5) is 11.9. The number of aryl methyl sites for hydroxylation is 1. The van der Waals surface area contributed by atoms with Crippen LogP contribution in [0.4, 0.5) is 17.6 Å². The van der Waals surface area contributed by atoms with Crippen molar-refractivity contribution in [3.8, 4) is 28.4 Å². The topological polar surface area (TPSA) is 55.8 Å². The Morgan fingerprint density at radius 2 is 1.74 bits per heavy atom. The normalized spacial score (nSPS) is 11.5. The van der Waals surface area contributed by atoms with Gasteiger partial charge in [0, 0.05) is 10.9 Å². The molecule has 0 fully saturated rings. The molecule has 0 spiro atoms. The van der Waals surface area contributed by atoms with E-state index in [-0.39, 0.29) is 17.2 Å². The molecular weight excluding hydrogens is 452 g/mol. The summed E-state index contributed by atoms with van der Waals surface area (Å²) in [5, 5.41) is 11.0. The lowest BCUT2D eigenvalue weighted by Crippen LogP contribution is -2.14. The predicted octanol–water partition coefficient (Wildman–Crippen LogP) is 7.26. The van der Waals surface area contributed by atoms with Gasteiger partial charge < -0.3 is 14.6 Å². The minimum atomic E-state index is -4.84. The van der Waals surface area contributed by atoms with Gasteiger partial charge in [-0.3, -0.25) is 0 Å². The number of esters is 1. The molecule has 4 aromatic carbocycles. The van der Waals surface area contributed by atoms with E-state index in [9.17, 15) is 27.5 Å². The van der Waals surface area contributed by atoms with Gasteiger partial charge in [-0.05, 0) is 72.0 Å². The van der Waals surface area contributed by atoms with Gasteiger partial charge in [-0.2, -0.15) is 13.2 Å². The minimum absolute atomic E-state index is 0.00172. The van der Waals surface area contributed by atoms with Crippen LogP contribution in [0.5, 0.6) is 17.2 Å². The number of halogens is 4. The Bertz CT molecular complexity index is 1410. The maximum Gasteiger partial charge on any atom is 0.417 e. The fourth-order valence-electron chi connectivity index (χ4n) is 3.83. The number of hydrogen-bond donors (Lipinski definition) is 1. The number of ether oxygens (including phenoxy) is 2. The lowest BCUT2D eigenvalue weighted by atomic mass is 9.94. The van der Waals surface area contributed by atoms with Gasteiger partial charge >= 0.3 is 12.1 Å². The fourth-order valence-corrected chi connectivity index (χ4v) is 3.83. The third-order valence-corrected chi connectivity index (χ3v) is 5.31. The summed E-state index contributed by atoms with van der Waals surface area (Å²) in [5.74, 6) is -1.62. The Kier molecular flexibility index (Phi) is 5.91. The van der Waals surface area contributed by atoms with Crippen LogP contribution in [-0.4, -0.2) is 18.2 Å². The average Bonchev–Trinajstić information content (AvgIpc) is 2.77. The molecule has 174 valence electrons. The first-order chi connectivity index (χ1) is 16.1. The summed E-state index contributed by atoms with van der Waals surface area (Å²) in [6, 6.07) is 14.9. The average molecular weight is 470 g/mol. The maximum absolute atomic E-state index is 14.0. The number of fused-ring (bicyclic) bond motifs is 1. The largest absolute Gasteiger partial charge is 0.508 e. The molecule has 0 aliphatic carbocycles. The highest BCUT2D eigenvalue weighted by Crippen LogP contribution is 2.44. The van der Waals surface area contributed by atoms with Gasteiger partial charge in [0.15, 0.2) is 0 Å². The number of carbonyl (C=O) groups excluding carboxylic acids is 1. The molecule has 8 heteroatoms. The Hall–Kier alpha value is -4.07. The van der Waals surface area contributed by atoms with E-state index in [0.717, 1.165) is 19.2 Å². The number of aromatic hydroxyl groups is 1. The molecule has 0 aliphatic heterocycles. The molecule has 0 aromatic heterocycles. The molecule has 0 saturated heterocycles. The molecule has 4 aromatic rings. The zero-order valence-corrected chi connectivity index (χ0v) is 18.0. The Morgan fingerprint density at radius 3 is 2.41 bits per heavy atom. The van der Waals surface area contributed by atoms with Crippen LogP contribution in [-0.2, 0) is 10.9 Å². The SMILES string of the molecule is COC(=O)c1ccc(Oc2c(-c3cccc(F)c3)c(C)cc3cc(O)ccc23)cc1C(F)(F)F. The lowest BCUT2D eigenvalue weighted by Gasteiger charge is -2.19. The molecule has 0 unspecified atom stereocenters. The Balaban J connectivity index is 1.95. The molecule has 4 rings (SSSR count). The van der Waals surface area contributed by atoms with Crippen LogP contribution in [0.3, 0.4) is 0 Å². The summed E-state index contributed by atoms with van der Waals surface area (Å²) in [7, 11) is 0.993. The van der Waals surface area contributed by atoms with Crippen molar-refractivity contribution in [3.05, 3.63) is 89.2 Å². The first-order valence-electron chi connectivity index (χ1n) is 10.1. The quantitative estimate of drug-likeness (QED) is 0.252. The van der Waals surface area contributed by atoms with Crippen LogP contribution in [0.2, 0.25) is 0 Å². The number of phenols is 1. The van der Waals surface area contributed by atoms with Crippen molar-refractivity contribution in [2.45, 2.75) is 13.1 Å². The van der Waals surface area contributed by atoms with E-state index in [1.807, 2.05) is 0 Å². The van der Waals surface area contributed by atoms with Crippen molar-refractivity contribution in [1.82, 2.24) is 0 Å². The number of rotatable bonds is 4. The summed E-state index contributed by atoms with van der Waals surface area (Å²) in [5.41, 5.74) is -0.264. The van der Waals surface area contributed by atoms with E-state index >= 15 is 0 Å². The molecule has 0 saturated carbocycles. The van der Waals surface area contributed by atoms with Crippen LogP contribution in [0.15, 0.2) is 66.7 Å². The summed E-state index contributed by atoms with van der Waals surface area (Å²) >= 11 is 0. The van der Waals surface area contributed by atoms with Crippen molar-refractivity contribution in [2.75, 3.05) is 7.11 Å². The molecule has 0 aliphatic rings. The standard InChI is InChI=1S/C26H18F4O4/c1-14-10-16-12-18(31)6-8-20(16)24(23(14)15-4-3-5-17(27)11-15)34-19-7-9-21(25(32)33-2)22(13-19)26(28,29)30/h3-13,31H,1-2H3. The molecule has 0 radical (unpaired) electrons. The first kappa shape index (κ1) is 23.1. The van der Waals surface area contributed by atoms with E-state index in [4.69, 9.17) is 4.74 Å². The molecule has 0 bridgehead atoms. The van der Waals surface area contributed by atoms with Crippen LogP contribution >= 0.6 is 0 Å². The molecule has 0 amide bonds. The Morgan fingerprint density at radius 1 is 0.971 bits per heavy atom. The number of alkyl halides is 3. The van der Waals surface area contributed by atoms with Gasteiger partial charge in [-0.15, -0.1) is 0 Å². The fraction of sp³-hybridized carbons (Fsp3) is 0.115. The molecule has 4 nitrogen and oxygen atoms in total. The first-order valence-corrected chi connectivity index (χ1v) is 10.1. The third-order valence-electron chi connectivity index (χ3n) is 5.31. The second kappa shape index (κ2) is 8.70. The van der Waals surface area contributed by atoms with Gasteiger partial charge in [-0.1, -0.05) is 18.2 Å². The minimum Gasteiger partial charge on any atom is -0.508 e. The van der Waals surface area contributed by atoms with Crippen LogP contribution < -0.4 is 4.74 Å². The van der Waals surface area contributed by atoms with Gasteiger partial charge in [0.05, 0.1) is 18.2 Å². The van der Waals surface area contributed by atoms with Crippen LogP contribution in [0, 0.1) is 12.7 Å². The summed E-state index contributed by atoms with van der Waals surface area (Å²) in [6.07, 6.45) is -4.84. The highest BCUT2D eigenvalue weighted by atomic mass is 19.4. The number of phenolic OH excluding ortho intramolecular Hbond substituents is 1. The van der Waals surface area contributed by atoms with E-state index in [1.165, 1.54) is 36.4 Å². The van der Waals surface area contributed by atoms with E-state index in [2.05, 4.69) is 4.74 Å². The third kappa shape index (κ3) is 4.39. The summed E-state index contributed by atoms with van der Waals surface area (Å²) in [6.45, 7) is 1.75. The van der Waals surface area contributed by atoms with Crippen LogP contribution in [0.1, 0.15) is 21.5 Å². The maximum atomic E-state index is 14.0. The second-order valence-electron chi connectivity index (χ2n) is 7.61. The number of benzene rings is 4. The predicted molar refractivity (Wildman–Crippen MR) is 119 cm³/mol.